The Balaban J connectivity index is 2.13. The zero-order chi connectivity index (χ0) is 14.7. The quantitative estimate of drug-likeness (QED) is 0.843. The van der Waals surface area contributed by atoms with Crippen LogP contribution in [0.2, 0.25) is 5.02 Å². The lowest BCUT2D eigenvalue weighted by atomic mass is 10.1. The Bertz CT molecular complexity index is 489. The van der Waals surface area contributed by atoms with Crippen molar-refractivity contribution in [3.63, 3.8) is 0 Å². The summed E-state index contributed by atoms with van der Waals surface area (Å²) < 4.78 is 0. The van der Waals surface area contributed by atoms with E-state index in [4.69, 9.17) is 16.7 Å². The van der Waals surface area contributed by atoms with Gasteiger partial charge in [-0.1, -0.05) is 25.4 Å². The summed E-state index contributed by atoms with van der Waals surface area (Å²) in [6, 6.07) is 0.000956. The Morgan fingerprint density at radius 1 is 1.55 bits per heavy atom. The second-order valence-corrected chi connectivity index (χ2v) is 5.92. The molecule has 2 N–H and O–H groups in total. The molecule has 110 valence electrons. The molecule has 20 heavy (non-hydrogen) atoms. The molecule has 5 nitrogen and oxygen atoms in total. The summed E-state index contributed by atoms with van der Waals surface area (Å²) in [6.45, 7) is 3.99. The number of nitrogens with one attached hydrogen (secondary N) is 1. The highest BCUT2D eigenvalue weighted by Gasteiger charge is 2.32. The number of carbonyl (C=O) groups is 1. The van der Waals surface area contributed by atoms with Gasteiger partial charge in [0.25, 0.3) is 5.91 Å². The highest BCUT2D eigenvalue weighted by Crippen LogP contribution is 2.34. The SMILES string of the molecule is CC(C)c1ncc(Cl)c(C(=O)NC(CCO)C2CC2)n1. The molecule has 2 rings (SSSR count). The van der Waals surface area contributed by atoms with Gasteiger partial charge in [-0.05, 0) is 25.2 Å². The van der Waals surface area contributed by atoms with E-state index >= 15 is 0 Å². The molecule has 1 aliphatic carbocycles. The van der Waals surface area contributed by atoms with Gasteiger partial charge >= 0.3 is 0 Å². The minimum absolute atomic E-state index is 0.000956. The van der Waals surface area contributed by atoms with Crippen molar-refractivity contribution in [3.8, 4) is 0 Å². The molecule has 1 aromatic heterocycles. The molecule has 0 spiro atoms. The van der Waals surface area contributed by atoms with Crippen LogP contribution in [0.15, 0.2) is 6.20 Å². The predicted molar refractivity (Wildman–Crippen MR) is 76.8 cm³/mol. The summed E-state index contributed by atoms with van der Waals surface area (Å²) in [5.41, 5.74) is 0.217. The predicted octanol–water partition coefficient (Wildman–Crippen LogP) is 2.14. The minimum Gasteiger partial charge on any atom is -0.396 e. The van der Waals surface area contributed by atoms with Crippen molar-refractivity contribution in [1.82, 2.24) is 15.3 Å². The van der Waals surface area contributed by atoms with Crippen molar-refractivity contribution in [3.05, 3.63) is 22.7 Å². The van der Waals surface area contributed by atoms with Crippen molar-refractivity contribution in [1.29, 1.82) is 0 Å². The number of rotatable bonds is 6. The van der Waals surface area contributed by atoms with Crippen LogP contribution in [0.25, 0.3) is 0 Å². The maximum absolute atomic E-state index is 12.3. The summed E-state index contributed by atoms with van der Waals surface area (Å²) in [5, 5.41) is 12.2. The molecule has 0 radical (unpaired) electrons. The van der Waals surface area contributed by atoms with Gasteiger partial charge < -0.3 is 10.4 Å². The zero-order valence-corrected chi connectivity index (χ0v) is 12.5. The molecule has 1 saturated carbocycles. The van der Waals surface area contributed by atoms with Crippen molar-refractivity contribution in [2.45, 2.75) is 45.1 Å². The van der Waals surface area contributed by atoms with Crippen molar-refractivity contribution >= 4 is 17.5 Å². The first-order valence-corrected chi connectivity index (χ1v) is 7.35. The standard InChI is InChI=1S/C14H20ClN3O2/c1-8(2)13-16-7-10(15)12(18-13)14(20)17-11(5-6-19)9-3-4-9/h7-9,11,19H,3-6H2,1-2H3,(H,17,20). The van der Waals surface area contributed by atoms with Gasteiger partial charge in [0.2, 0.25) is 0 Å². The first-order chi connectivity index (χ1) is 9.52. The molecule has 0 bridgehead atoms. The van der Waals surface area contributed by atoms with Gasteiger partial charge in [0.05, 0.1) is 11.2 Å². The third-order valence-corrected chi connectivity index (χ3v) is 3.72. The minimum atomic E-state index is -0.287. The molecule has 0 saturated heterocycles. The van der Waals surface area contributed by atoms with Crippen LogP contribution in [-0.2, 0) is 0 Å². The summed E-state index contributed by atoms with van der Waals surface area (Å²) in [7, 11) is 0. The number of amides is 1. The van der Waals surface area contributed by atoms with Gasteiger partial charge in [0.1, 0.15) is 11.5 Å². The van der Waals surface area contributed by atoms with Crippen molar-refractivity contribution < 1.29 is 9.90 Å². The van der Waals surface area contributed by atoms with Crippen molar-refractivity contribution in [2.24, 2.45) is 5.92 Å². The normalized spacial score (nSPS) is 16.2. The van der Waals surface area contributed by atoms with Gasteiger partial charge in [-0.2, -0.15) is 0 Å². The topological polar surface area (TPSA) is 75.1 Å². The molecule has 1 heterocycles. The number of aliphatic hydroxyl groups is 1. The van der Waals surface area contributed by atoms with Crippen LogP contribution in [0.4, 0.5) is 0 Å². The Kier molecular flexibility index (Phi) is 4.94. The number of aliphatic hydroxyl groups excluding tert-OH is 1. The molecule has 6 heteroatoms. The fraction of sp³-hybridized carbons (Fsp3) is 0.643. The van der Waals surface area contributed by atoms with Gasteiger partial charge in [0.15, 0.2) is 0 Å². The Morgan fingerprint density at radius 3 is 2.80 bits per heavy atom. The Morgan fingerprint density at radius 2 is 2.25 bits per heavy atom. The van der Waals surface area contributed by atoms with Crippen LogP contribution >= 0.6 is 11.6 Å². The second-order valence-electron chi connectivity index (χ2n) is 5.51. The van der Waals surface area contributed by atoms with Crippen LogP contribution in [0, 0.1) is 5.92 Å². The summed E-state index contributed by atoms with van der Waals surface area (Å²) >= 11 is 6.02. The number of hydrogen-bond acceptors (Lipinski definition) is 4. The van der Waals surface area contributed by atoms with Crippen LogP contribution in [0.5, 0.6) is 0 Å². The lowest BCUT2D eigenvalue weighted by Crippen LogP contribution is -2.37. The van der Waals surface area contributed by atoms with Crippen molar-refractivity contribution in [2.75, 3.05) is 6.61 Å². The molecule has 1 aliphatic rings. The fourth-order valence-corrected chi connectivity index (χ4v) is 2.30. The van der Waals surface area contributed by atoms with E-state index in [1.165, 1.54) is 6.20 Å². The maximum atomic E-state index is 12.3. The molecular weight excluding hydrogens is 278 g/mol. The van der Waals surface area contributed by atoms with Gasteiger partial charge in [-0.25, -0.2) is 9.97 Å². The molecule has 1 unspecified atom stereocenters. The smallest absolute Gasteiger partial charge is 0.271 e. The number of aromatic nitrogens is 2. The van der Waals surface area contributed by atoms with E-state index in [1.54, 1.807) is 0 Å². The lowest BCUT2D eigenvalue weighted by Gasteiger charge is -2.17. The van der Waals surface area contributed by atoms with E-state index in [9.17, 15) is 4.79 Å². The highest BCUT2D eigenvalue weighted by atomic mass is 35.5. The number of hydrogen-bond donors (Lipinski definition) is 2. The number of halogens is 1. The van der Waals surface area contributed by atoms with Crippen LogP contribution in [-0.4, -0.2) is 33.6 Å². The summed E-state index contributed by atoms with van der Waals surface area (Å²) in [5.74, 6) is 0.918. The third kappa shape index (κ3) is 3.67. The summed E-state index contributed by atoms with van der Waals surface area (Å²) in [6.07, 6.45) is 4.23. The van der Waals surface area contributed by atoms with Gasteiger partial charge in [0, 0.05) is 18.6 Å². The lowest BCUT2D eigenvalue weighted by molar-refractivity contribution is 0.0919. The van der Waals surface area contributed by atoms with Crippen LogP contribution in [0.3, 0.4) is 0 Å². The average molecular weight is 298 g/mol. The molecule has 0 aromatic carbocycles. The molecule has 0 aliphatic heterocycles. The first-order valence-electron chi connectivity index (χ1n) is 6.97. The van der Waals surface area contributed by atoms with Crippen LogP contribution in [0.1, 0.15) is 55.3 Å². The van der Waals surface area contributed by atoms with Gasteiger partial charge in [-0.15, -0.1) is 0 Å². The Labute approximate surface area is 123 Å². The summed E-state index contributed by atoms with van der Waals surface area (Å²) in [4.78, 5) is 20.7. The first kappa shape index (κ1) is 15.2. The fourth-order valence-electron chi connectivity index (χ4n) is 2.12. The third-order valence-electron chi connectivity index (χ3n) is 3.44. The molecule has 1 atom stereocenters. The van der Waals surface area contributed by atoms with E-state index in [-0.39, 0.29) is 35.2 Å². The van der Waals surface area contributed by atoms with E-state index in [0.717, 1.165) is 12.8 Å². The largest absolute Gasteiger partial charge is 0.396 e. The monoisotopic (exact) mass is 297 g/mol. The Hall–Kier alpha value is -1.20. The number of carbonyl (C=O) groups excluding carboxylic acids is 1. The zero-order valence-electron chi connectivity index (χ0n) is 11.8. The molecule has 1 fully saturated rings. The second kappa shape index (κ2) is 6.50. The average Bonchev–Trinajstić information content (AvgIpc) is 3.22. The maximum Gasteiger partial charge on any atom is 0.271 e. The number of nitrogens with zero attached hydrogens (tertiary/aromatic N) is 2. The molecule has 1 aromatic rings. The van der Waals surface area contributed by atoms with E-state index in [2.05, 4.69) is 15.3 Å². The van der Waals surface area contributed by atoms with Crippen LogP contribution < -0.4 is 5.32 Å². The van der Waals surface area contributed by atoms with E-state index in [1.807, 2.05) is 13.8 Å². The highest BCUT2D eigenvalue weighted by molar-refractivity contribution is 6.33. The van der Waals surface area contributed by atoms with E-state index < -0.39 is 0 Å². The molecule has 1 amide bonds. The molecular formula is C14H20ClN3O2. The van der Waals surface area contributed by atoms with E-state index in [0.29, 0.717) is 18.2 Å². The van der Waals surface area contributed by atoms with Gasteiger partial charge in [-0.3, -0.25) is 4.79 Å².